The first kappa shape index (κ1) is 16.1. The summed E-state index contributed by atoms with van der Waals surface area (Å²) in [6, 6.07) is 14.1. The third-order valence-corrected chi connectivity index (χ3v) is 6.16. The zero-order chi connectivity index (χ0) is 16.6. The van der Waals surface area contributed by atoms with E-state index in [1.54, 1.807) is 18.2 Å². The van der Waals surface area contributed by atoms with Gasteiger partial charge in [-0.15, -0.1) is 0 Å². The molecule has 1 heterocycles. The van der Waals surface area contributed by atoms with E-state index in [1.165, 1.54) is 10.4 Å². The number of benzene rings is 2. The van der Waals surface area contributed by atoms with Gasteiger partial charge in [0, 0.05) is 17.6 Å². The Bertz CT molecular complexity index is 823. The van der Waals surface area contributed by atoms with Crippen LogP contribution in [0, 0.1) is 0 Å². The van der Waals surface area contributed by atoms with Crippen LogP contribution in [0.3, 0.4) is 0 Å². The topological polar surface area (TPSA) is 40.6 Å². The van der Waals surface area contributed by atoms with Crippen molar-refractivity contribution in [2.45, 2.75) is 24.8 Å². The number of nitrogens with zero attached hydrogens (tertiary/aromatic N) is 2. The van der Waals surface area contributed by atoms with Crippen LogP contribution in [-0.4, -0.2) is 27.5 Å². The predicted octanol–water partition coefficient (Wildman–Crippen LogP) is 3.76. The molecule has 3 rings (SSSR count). The standard InChI is InChI=1S/C17H19ClN2O2S/c1-3-19-13(2)12-20(17-10-5-4-9-16(17)19)23(21,22)15-8-6-7-14(18)11-15/h4-11,13H,3,12H2,1-2H3. The minimum absolute atomic E-state index is 0.101. The number of rotatable bonds is 3. The summed E-state index contributed by atoms with van der Waals surface area (Å²) < 4.78 is 27.7. The number of likely N-dealkylation sites (N-methyl/N-ethyl adjacent to an activating group) is 1. The van der Waals surface area contributed by atoms with Crippen LogP contribution in [0.25, 0.3) is 0 Å². The minimum atomic E-state index is -3.64. The predicted molar refractivity (Wildman–Crippen MR) is 94.9 cm³/mol. The molecule has 0 saturated heterocycles. The van der Waals surface area contributed by atoms with E-state index < -0.39 is 10.0 Å². The first-order chi connectivity index (χ1) is 10.9. The highest BCUT2D eigenvalue weighted by molar-refractivity contribution is 7.92. The number of anilines is 2. The highest BCUT2D eigenvalue weighted by Gasteiger charge is 2.34. The molecular formula is C17H19ClN2O2S. The molecule has 2 aromatic rings. The molecular weight excluding hydrogens is 332 g/mol. The molecule has 1 aliphatic rings. The Morgan fingerprint density at radius 1 is 1.13 bits per heavy atom. The molecule has 0 amide bonds. The van der Waals surface area contributed by atoms with Crippen LogP contribution in [0.1, 0.15) is 13.8 Å². The number of fused-ring (bicyclic) bond motifs is 1. The SMILES string of the molecule is CCN1c2ccccc2N(S(=O)(=O)c2cccc(Cl)c2)CC1C. The van der Waals surface area contributed by atoms with E-state index in [0.29, 0.717) is 17.3 Å². The zero-order valence-corrected chi connectivity index (χ0v) is 14.7. The molecule has 0 N–H and O–H groups in total. The highest BCUT2D eigenvalue weighted by atomic mass is 35.5. The van der Waals surface area contributed by atoms with Crippen molar-refractivity contribution in [1.82, 2.24) is 0 Å². The van der Waals surface area contributed by atoms with Gasteiger partial charge in [0.2, 0.25) is 0 Å². The lowest BCUT2D eigenvalue weighted by atomic mass is 10.1. The van der Waals surface area contributed by atoms with Gasteiger partial charge in [-0.05, 0) is 44.2 Å². The lowest BCUT2D eigenvalue weighted by Crippen LogP contribution is -2.49. The smallest absolute Gasteiger partial charge is 0.264 e. The lowest BCUT2D eigenvalue weighted by Gasteiger charge is -2.42. The molecule has 23 heavy (non-hydrogen) atoms. The molecule has 0 aliphatic carbocycles. The fraction of sp³-hybridized carbons (Fsp3) is 0.294. The normalized spacial score (nSPS) is 18.0. The second kappa shape index (κ2) is 6.06. The van der Waals surface area contributed by atoms with Crippen molar-refractivity contribution in [2.24, 2.45) is 0 Å². The molecule has 1 atom stereocenters. The number of sulfonamides is 1. The van der Waals surface area contributed by atoms with E-state index >= 15 is 0 Å². The molecule has 1 aliphatic heterocycles. The lowest BCUT2D eigenvalue weighted by molar-refractivity contribution is 0.574. The van der Waals surface area contributed by atoms with E-state index in [1.807, 2.05) is 31.2 Å². The van der Waals surface area contributed by atoms with Gasteiger partial charge in [0.25, 0.3) is 10.0 Å². The van der Waals surface area contributed by atoms with Gasteiger partial charge in [0.1, 0.15) is 0 Å². The maximum Gasteiger partial charge on any atom is 0.264 e. The van der Waals surface area contributed by atoms with Gasteiger partial charge in [0.15, 0.2) is 0 Å². The third kappa shape index (κ3) is 2.79. The van der Waals surface area contributed by atoms with Gasteiger partial charge in [-0.25, -0.2) is 8.42 Å². The average Bonchev–Trinajstić information content (AvgIpc) is 2.54. The first-order valence-corrected chi connectivity index (χ1v) is 9.41. The molecule has 6 heteroatoms. The molecule has 0 bridgehead atoms. The van der Waals surface area contributed by atoms with Gasteiger partial charge in [-0.2, -0.15) is 0 Å². The monoisotopic (exact) mass is 350 g/mol. The maximum absolute atomic E-state index is 13.1. The van der Waals surface area contributed by atoms with Gasteiger partial charge in [-0.3, -0.25) is 4.31 Å². The Kier molecular flexibility index (Phi) is 4.25. The zero-order valence-electron chi connectivity index (χ0n) is 13.1. The second-order valence-corrected chi connectivity index (χ2v) is 7.92. The molecule has 0 aromatic heterocycles. The molecule has 0 fully saturated rings. The number of para-hydroxylation sites is 2. The van der Waals surface area contributed by atoms with E-state index in [-0.39, 0.29) is 10.9 Å². The van der Waals surface area contributed by atoms with Crippen molar-refractivity contribution in [3.8, 4) is 0 Å². The van der Waals surface area contributed by atoms with Crippen LogP contribution in [-0.2, 0) is 10.0 Å². The Labute approximate surface area is 142 Å². The van der Waals surface area contributed by atoms with Crippen molar-refractivity contribution in [2.75, 3.05) is 22.3 Å². The molecule has 1 unspecified atom stereocenters. The van der Waals surface area contributed by atoms with Crippen molar-refractivity contribution in [3.63, 3.8) is 0 Å². The van der Waals surface area contributed by atoms with E-state index in [4.69, 9.17) is 11.6 Å². The largest absolute Gasteiger partial charge is 0.366 e. The molecule has 0 radical (unpaired) electrons. The first-order valence-electron chi connectivity index (χ1n) is 7.59. The van der Waals surface area contributed by atoms with Crippen LogP contribution in [0.5, 0.6) is 0 Å². The fourth-order valence-electron chi connectivity index (χ4n) is 3.06. The van der Waals surface area contributed by atoms with E-state index in [9.17, 15) is 8.42 Å². The number of hydrogen-bond acceptors (Lipinski definition) is 3. The van der Waals surface area contributed by atoms with Gasteiger partial charge in [-0.1, -0.05) is 29.8 Å². The number of hydrogen-bond donors (Lipinski definition) is 0. The van der Waals surface area contributed by atoms with E-state index in [2.05, 4.69) is 11.8 Å². The summed E-state index contributed by atoms with van der Waals surface area (Å²) in [5, 5.41) is 0.416. The summed E-state index contributed by atoms with van der Waals surface area (Å²) in [5.41, 5.74) is 1.66. The molecule has 2 aromatic carbocycles. The minimum Gasteiger partial charge on any atom is -0.366 e. The van der Waals surface area contributed by atoms with Crippen molar-refractivity contribution in [1.29, 1.82) is 0 Å². The fourth-order valence-corrected chi connectivity index (χ4v) is 4.92. The van der Waals surface area contributed by atoms with Gasteiger partial charge < -0.3 is 4.90 Å². The second-order valence-electron chi connectivity index (χ2n) is 5.62. The van der Waals surface area contributed by atoms with Crippen molar-refractivity contribution in [3.05, 3.63) is 53.6 Å². The van der Waals surface area contributed by atoms with Gasteiger partial charge in [0.05, 0.1) is 22.8 Å². The molecule has 0 saturated carbocycles. The Morgan fingerprint density at radius 2 is 1.83 bits per heavy atom. The third-order valence-electron chi connectivity index (χ3n) is 4.15. The van der Waals surface area contributed by atoms with Crippen molar-refractivity contribution >= 4 is 33.0 Å². The summed E-state index contributed by atoms with van der Waals surface area (Å²) in [4.78, 5) is 2.44. The van der Waals surface area contributed by atoms with Crippen LogP contribution in [0.15, 0.2) is 53.4 Å². The summed E-state index contributed by atoms with van der Waals surface area (Å²) in [6.45, 7) is 5.37. The highest BCUT2D eigenvalue weighted by Crippen LogP contribution is 2.38. The van der Waals surface area contributed by atoms with E-state index in [0.717, 1.165) is 12.2 Å². The van der Waals surface area contributed by atoms with Crippen LogP contribution in [0.4, 0.5) is 11.4 Å². The quantitative estimate of drug-likeness (QED) is 0.846. The summed E-state index contributed by atoms with van der Waals surface area (Å²) >= 11 is 5.97. The molecule has 122 valence electrons. The average molecular weight is 351 g/mol. The Balaban J connectivity index is 2.13. The van der Waals surface area contributed by atoms with Gasteiger partial charge >= 0.3 is 0 Å². The van der Waals surface area contributed by atoms with Crippen LogP contribution in [0.2, 0.25) is 5.02 Å². The van der Waals surface area contributed by atoms with Crippen LogP contribution >= 0.6 is 11.6 Å². The number of halogens is 1. The maximum atomic E-state index is 13.1. The molecule has 4 nitrogen and oxygen atoms in total. The Hall–Kier alpha value is -1.72. The van der Waals surface area contributed by atoms with Crippen molar-refractivity contribution < 1.29 is 8.42 Å². The Morgan fingerprint density at radius 3 is 2.48 bits per heavy atom. The summed E-state index contributed by atoms with van der Waals surface area (Å²) in [5.74, 6) is 0. The van der Waals surface area contributed by atoms with Crippen LogP contribution < -0.4 is 9.21 Å². The molecule has 0 spiro atoms. The summed E-state index contributed by atoms with van der Waals surface area (Å²) in [7, 11) is -3.64. The summed E-state index contributed by atoms with van der Waals surface area (Å²) in [6.07, 6.45) is 0.